The summed E-state index contributed by atoms with van der Waals surface area (Å²) in [5, 5.41) is 18.3. The quantitative estimate of drug-likeness (QED) is 0.495. The number of benzene rings is 2. The van der Waals surface area contributed by atoms with Crippen molar-refractivity contribution in [2.24, 2.45) is 0 Å². The molecular formula is C26H28N4O3. The lowest BCUT2D eigenvalue weighted by Crippen LogP contribution is -2.37. The average molecular weight is 445 g/mol. The molecule has 1 heterocycles. The molecule has 0 aliphatic rings. The normalized spacial score (nSPS) is 11.0. The van der Waals surface area contributed by atoms with Gasteiger partial charge in [-0.15, -0.1) is 0 Å². The molecule has 0 amide bonds. The van der Waals surface area contributed by atoms with Gasteiger partial charge in [0.1, 0.15) is 5.75 Å². The number of nitrogens with zero attached hydrogens (tertiary/aromatic N) is 4. The van der Waals surface area contributed by atoms with Crippen molar-refractivity contribution in [3.8, 4) is 11.8 Å². The molecule has 0 bridgehead atoms. The molecule has 0 atom stereocenters. The Hall–Kier alpha value is -3.92. The first-order valence-electron chi connectivity index (χ1n) is 10.9. The zero-order valence-corrected chi connectivity index (χ0v) is 19.2. The molecule has 1 aromatic heterocycles. The molecule has 0 saturated heterocycles. The Bertz CT molecular complexity index is 1100. The first-order chi connectivity index (χ1) is 15.8. The number of anilines is 1. The number of nitriles is 1. The number of ether oxygens (including phenoxy) is 1. The van der Waals surface area contributed by atoms with Crippen LogP contribution in [0.3, 0.4) is 0 Å². The molecule has 1 N–H and O–H groups in total. The maximum atomic E-state index is 11.3. The van der Waals surface area contributed by atoms with Crippen LogP contribution in [0, 0.1) is 11.3 Å². The number of aromatic nitrogens is 2. The second-order valence-corrected chi connectivity index (χ2v) is 8.29. The lowest BCUT2D eigenvalue weighted by atomic mass is 10.1. The summed E-state index contributed by atoms with van der Waals surface area (Å²) in [4.78, 5) is 22.5. The zero-order chi connectivity index (χ0) is 23.8. The van der Waals surface area contributed by atoms with Crippen LogP contribution < -0.4 is 9.64 Å². The summed E-state index contributed by atoms with van der Waals surface area (Å²) in [6.07, 6.45) is 5.33. The van der Waals surface area contributed by atoms with Gasteiger partial charge in [0, 0.05) is 25.5 Å². The molecule has 7 nitrogen and oxygen atoms in total. The van der Waals surface area contributed by atoms with E-state index in [1.165, 1.54) is 13.8 Å². The fourth-order valence-electron chi connectivity index (χ4n) is 3.18. The Kier molecular flexibility index (Phi) is 7.62. The number of hydrogen-bond donors (Lipinski definition) is 1. The van der Waals surface area contributed by atoms with Gasteiger partial charge < -0.3 is 14.7 Å². The van der Waals surface area contributed by atoms with Crippen LogP contribution in [-0.2, 0) is 24.2 Å². The molecular weight excluding hydrogens is 416 g/mol. The minimum Gasteiger partial charge on any atom is -0.478 e. The second-order valence-electron chi connectivity index (χ2n) is 8.29. The van der Waals surface area contributed by atoms with Gasteiger partial charge >= 0.3 is 5.97 Å². The summed E-state index contributed by atoms with van der Waals surface area (Å²) in [5.74, 6) is 0.151. The summed E-state index contributed by atoms with van der Waals surface area (Å²) in [6.45, 7) is 6.41. The molecule has 0 radical (unpaired) electrons. The van der Waals surface area contributed by atoms with Crippen LogP contribution in [0.5, 0.6) is 5.75 Å². The number of carboxylic acids is 1. The summed E-state index contributed by atoms with van der Waals surface area (Å²) < 4.78 is 5.58. The third-order valence-corrected chi connectivity index (χ3v) is 5.32. The third-order valence-electron chi connectivity index (χ3n) is 5.32. The van der Waals surface area contributed by atoms with Crippen LogP contribution in [0.2, 0.25) is 0 Å². The molecule has 33 heavy (non-hydrogen) atoms. The van der Waals surface area contributed by atoms with Crippen molar-refractivity contribution in [1.82, 2.24) is 9.97 Å². The van der Waals surface area contributed by atoms with Gasteiger partial charge in [0.15, 0.2) is 5.60 Å². The molecule has 0 unspecified atom stereocenters. The van der Waals surface area contributed by atoms with Crippen LogP contribution in [-0.4, -0.2) is 33.2 Å². The molecule has 3 aromatic rings. The molecule has 0 spiro atoms. The standard InChI is InChI=1S/C26H28N4O3/c1-4-19-16-28-25(29-17-19)30(18-22-7-5-21(15-27)6-8-22)14-13-20-9-11-23(12-10-20)33-26(2,3)24(31)32/h5-12,16-17H,4,13-14,18H2,1-3H3,(H,31,32). The van der Waals surface area contributed by atoms with Crippen molar-refractivity contribution >= 4 is 11.9 Å². The molecule has 0 fully saturated rings. The fraction of sp³-hybridized carbons (Fsp3) is 0.308. The number of rotatable bonds is 10. The Morgan fingerprint density at radius 1 is 1.03 bits per heavy atom. The molecule has 0 aliphatic carbocycles. The highest BCUT2D eigenvalue weighted by molar-refractivity contribution is 5.76. The lowest BCUT2D eigenvalue weighted by molar-refractivity contribution is -0.152. The van der Waals surface area contributed by atoms with Gasteiger partial charge in [-0.25, -0.2) is 14.8 Å². The highest BCUT2D eigenvalue weighted by Gasteiger charge is 2.29. The average Bonchev–Trinajstić information content (AvgIpc) is 2.83. The van der Waals surface area contributed by atoms with E-state index in [9.17, 15) is 9.90 Å². The van der Waals surface area contributed by atoms with E-state index in [1.54, 1.807) is 12.1 Å². The molecule has 0 saturated carbocycles. The van der Waals surface area contributed by atoms with Crippen molar-refractivity contribution in [1.29, 1.82) is 5.26 Å². The first kappa shape index (κ1) is 23.7. The van der Waals surface area contributed by atoms with Crippen LogP contribution in [0.1, 0.15) is 43.0 Å². The van der Waals surface area contributed by atoms with E-state index in [-0.39, 0.29) is 0 Å². The van der Waals surface area contributed by atoms with E-state index in [1.807, 2.05) is 48.8 Å². The Morgan fingerprint density at radius 2 is 1.64 bits per heavy atom. The Balaban J connectivity index is 1.72. The van der Waals surface area contributed by atoms with Gasteiger partial charge in [-0.2, -0.15) is 5.26 Å². The molecule has 0 aliphatic heterocycles. The van der Waals surface area contributed by atoms with E-state index < -0.39 is 11.6 Å². The van der Waals surface area contributed by atoms with Crippen molar-refractivity contribution in [3.05, 3.63) is 83.2 Å². The molecule has 170 valence electrons. The maximum absolute atomic E-state index is 11.3. The number of hydrogen-bond acceptors (Lipinski definition) is 6. The highest BCUT2D eigenvalue weighted by Crippen LogP contribution is 2.20. The SMILES string of the molecule is CCc1cnc(N(CCc2ccc(OC(C)(C)C(=O)O)cc2)Cc2ccc(C#N)cc2)nc1. The molecule has 7 heteroatoms. The smallest absolute Gasteiger partial charge is 0.347 e. The fourth-order valence-corrected chi connectivity index (χ4v) is 3.18. The van der Waals surface area contributed by atoms with E-state index >= 15 is 0 Å². The van der Waals surface area contributed by atoms with E-state index in [4.69, 9.17) is 10.00 Å². The van der Waals surface area contributed by atoms with Crippen LogP contribution in [0.4, 0.5) is 5.95 Å². The minimum atomic E-state index is -1.29. The van der Waals surface area contributed by atoms with Crippen molar-refractivity contribution in [2.75, 3.05) is 11.4 Å². The van der Waals surface area contributed by atoms with Gasteiger partial charge in [-0.1, -0.05) is 31.2 Å². The zero-order valence-electron chi connectivity index (χ0n) is 19.2. The third kappa shape index (κ3) is 6.53. The van der Waals surface area contributed by atoms with Gasteiger partial charge in [0.05, 0.1) is 11.6 Å². The molecule has 2 aromatic carbocycles. The lowest BCUT2D eigenvalue weighted by Gasteiger charge is -2.23. The number of carboxylic acid groups (broad SMARTS) is 1. The summed E-state index contributed by atoms with van der Waals surface area (Å²) >= 11 is 0. The van der Waals surface area contributed by atoms with Crippen molar-refractivity contribution < 1.29 is 14.6 Å². The summed E-state index contributed by atoms with van der Waals surface area (Å²) in [5.41, 5.74) is 2.57. The number of aliphatic carboxylic acids is 1. The van der Waals surface area contributed by atoms with Gasteiger partial charge in [0.25, 0.3) is 0 Å². The van der Waals surface area contributed by atoms with Crippen LogP contribution in [0.15, 0.2) is 60.9 Å². The highest BCUT2D eigenvalue weighted by atomic mass is 16.5. The summed E-state index contributed by atoms with van der Waals surface area (Å²) in [7, 11) is 0. The summed E-state index contributed by atoms with van der Waals surface area (Å²) in [6, 6.07) is 17.1. The van der Waals surface area contributed by atoms with E-state index in [2.05, 4.69) is 27.9 Å². The minimum absolute atomic E-state index is 0.513. The van der Waals surface area contributed by atoms with Crippen molar-refractivity contribution in [3.63, 3.8) is 0 Å². The Labute approximate surface area is 194 Å². The van der Waals surface area contributed by atoms with Crippen molar-refractivity contribution in [2.45, 2.75) is 45.8 Å². The van der Waals surface area contributed by atoms with Crippen LogP contribution in [0.25, 0.3) is 0 Å². The van der Waals surface area contributed by atoms with Gasteiger partial charge in [-0.3, -0.25) is 0 Å². The maximum Gasteiger partial charge on any atom is 0.347 e. The Morgan fingerprint density at radius 3 is 2.18 bits per heavy atom. The number of aryl methyl sites for hydroxylation is 1. The second kappa shape index (κ2) is 10.6. The van der Waals surface area contributed by atoms with Crippen LogP contribution >= 0.6 is 0 Å². The van der Waals surface area contributed by atoms with E-state index in [0.717, 1.165) is 29.5 Å². The number of carbonyl (C=O) groups is 1. The monoisotopic (exact) mass is 444 g/mol. The van der Waals surface area contributed by atoms with Gasteiger partial charge in [0.2, 0.25) is 5.95 Å². The largest absolute Gasteiger partial charge is 0.478 e. The topological polar surface area (TPSA) is 99.3 Å². The molecule has 3 rings (SSSR count). The predicted molar refractivity (Wildman–Crippen MR) is 126 cm³/mol. The van der Waals surface area contributed by atoms with Gasteiger partial charge in [-0.05, 0) is 67.6 Å². The van der Waals surface area contributed by atoms with E-state index in [0.29, 0.717) is 30.4 Å². The first-order valence-corrected chi connectivity index (χ1v) is 10.9. The predicted octanol–water partition coefficient (Wildman–Crippen LogP) is 4.40.